The van der Waals surface area contributed by atoms with Gasteiger partial charge in [-0.25, -0.2) is 0 Å². The first-order valence-corrected chi connectivity index (χ1v) is 11.0. The fraction of sp³-hybridized carbons (Fsp3) is 0.318. The van der Waals surface area contributed by atoms with E-state index in [1.54, 1.807) is 14.0 Å². The average Bonchev–Trinajstić information content (AvgIpc) is 3.22. The van der Waals surface area contributed by atoms with Gasteiger partial charge in [-0.1, -0.05) is 11.8 Å². The van der Waals surface area contributed by atoms with Crippen molar-refractivity contribution in [3.8, 4) is 22.9 Å². The van der Waals surface area contributed by atoms with Crippen LogP contribution in [0.25, 0.3) is 11.4 Å². The molecule has 0 radical (unpaired) electrons. The van der Waals surface area contributed by atoms with Crippen molar-refractivity contribution in [1.29, 1.82) is 0 Å². The molecule has 2 aromatic carbocycles. The molecule has 3 aromatic rings. The number of nitrogens with zero attached hydrogens (tertiary/aromatic N) is 4. The number of thioether (sulfide) groups is 1. The summed E-state index contributed by atoms with van der Waals surface area (Å²) >= 11 is 1.25. The Kier molecular flexibility index (Phi) is 7.54. The summed E-state index contributed by atoms with van der Waals surface area (Å²) < 4.78 is 12.4. The number of amides is 1. The number of hydrogen-bond acceptors (Lipinski definition) is 8. The van der Waals surface area contributed by atoms with Gasteiger partial charge in [0.1, 0.15) is 11.5 Å². The Bertz CT molecular complexity index is 1150. The van der Waals surface area contributed by atoms with E-state index in [9.17, 15) is 14.9 Å². The number of ether oxygens (including phenoxy) is 2. The molecule has 0 aliphatic carbocycles. The third-order valence-electron chi connectivity index (χ3n) is 4.83. The molecule has 174 valence electrons. The number of carbonyl (C=O) groups is 1. The topological polar surface area (TPSA) is 121 Å². The normalized spacial score (nSPS) is 11.8. The molecule has 1 aromatic heterocycles. The summed E-state index contributed by atoms with van der Waals surface area (Å²) in [6.07, 6.45) is 0. The second kappa shape index (κ2) is 10.3. The Labute approximate surface area is 195 Å². The van der Waals surface area contributed by atoms with Crippen LogP contribution in [0.5, 0.6) is 11.5 Å². The quantitative estimate of drug-likeness (QED) is 0.274. The monoisotopic (exact) mass is 471 g/mol. The van der Waals surface area contributed by atoms with E-state index in [0.29, 0.717) is 16.7 Å². The molecule has 33 heavy (non-hydrogen) atoms. The molecule has 10 nitrogen and oxygen atoms in total. The van der Waals surface area contributed by atoms with Crippen molar-refractivity contribution in [3.05, 3.63) is 52.6 Å². The number of nitro benzene ring substituents is 1. The molecule has 0 aliphatic rings. The van der Waals surface area contributed by atoms with Crippen LogP contribution in [0.4, 0.5) is 11.4 Å². The van der Waals surface area contributed by atoms with Crippen molar-refractivity contribution < 1.29 is 19.2 Å². The summed E-state index contributed by atoms with van der Waals surface area (Å²) in [5.74, 6) is 1.41. The lowest BCUT2D eigenvalue weighted by atomic mass is 10.2. The second-order valence-electron chi connectivity index (χ2n) is 7.39. The van der Waals surface area contributed by atoms with Crippen LogP contribution in [0, 0.1) is 10.1 Å². The van der Waals surface area contributed by atoms with Crippen molar-refractivity contribution in [1.82, 2.24) is 14.8 Å². The minimum atomic E-state index is -0.556. The number of aromatic nitrogens is 3. The smallest absolute Gasteiger partial charge is 0.271 e. The zero-order valence-electron chi connectivity index (χ0n) is 18.9. The average molecular weight is 472 g/mol. The number of non-ortho nitro benzene ring substituents is 1. The van der Waals surface area contributed by atoms with Gasteiger partial charge in [0, 0.05) is 23.7 Å². The maximum Gasteiger partial charge on any atom is 0.271 e. The van der Waals surface area contributed by atoms with Gasteiger partial charge in [0.2, 0.25) is 5.91 Å². The molecule has 1 amide bonds. The van der Waals surface area contributed by atoms with Crippen LogP contribution < -0.4 is 14.8 Å². The Hall–Kier alpha value is -3.60. The Morgan fingerprint density at radius 1 is 1.09 bits per heavy atom. The molecule has 11 heteroatoms. The van der Waals surface area contributed by atoms with Crippen LogP contribution >= 0.6 is 11.8 Å². The minimum Gasteiger partial charge on any atom is -0.497 e. The highest BCUT2D eigenvalue weighted by Crippen LogP contribution is 2.33. The first-order chi connectivity index (χ1) is 15.7. The molecule has 0 fully saturated rings. The first-order valence-electron chi connectivity index (χ1n) is 10.1. The predicted molar refractivity (Wildman–Crippen MR) is 126 cm³/mol. The molecular weight excluding hydrogens is 446 g/mol. The molecule has 3 rings (SSSR count). The lowest BCUT2D eigenvalue weighted by Gasteiger charge is -2.17. The van der Waals surface area contributed by atoms with Gasteiger partial charge in [-0.15, -0.1) is 10.2 Å². The van der Waals surface area contributed by atoms with Gasteiger partial charge in [0.15, 0.2) is 11.0 Å². The number of hydrogen-bond donors (Lipinski definition) is 1. The van der Waals surface area contributed by atoms with E-state index in [1.807, 2.05) is 42.7 Å². The molecule has 0 saturated carbocycles. The number of nitro groups is 1. The number of benzene rings is 2. The molecule has 1 N–H and O–H groups in total. The van der Waals surface area contributed by atoms with Crippen LogP contribution in [-0.2, 0) is 4.79 Å². The minimum absolute atomic E-state index is 0.0479. The van der Waals surface area contributed by atoms with Gasteiger partial charge in [-0.05, 0) is 51.1 Å². The number of nitrogens with one attached hydrogen (secondary N) is 1. The molecule has 0 aliphatic heterocycles. The van der Waals surface area contributed by atoms with E-state index < -0.39 is 10.2 Å². The molecule has 0 bridgehead atoms. The fourth-order valence-electron chi connectivity index (χ4n) is 3.11. The van der Waals surface area contributed by atoms with Crippen molar-refractivity contribution in [2.75, 3.05) is 19.5 Å². The summed E-state index contributed by atoms with van der Waals surface area (Å²) in [6.45, 7) is 5.76. The van der Waals surface area contributed by atoms with Gasteiger partial charge < -0.3 is 14.8 Å². The van der Waals surface area contributed by atoms with Gasteiger partial charge in [0.25, 0.3) is 5.69 Å². The zero-order chi connectivity index (χ0) is 24.1. The van der Waals surface area contributed by atoms with Crippen LogP contribution in [0.3, 0.4) is 0 Å². The van der Waals surface area contributed by atoms with Crippen LogP contribution in [0.15, 0.2) is 47.6 Å². The SMILES string of the molecule is COc1ccc(-c2nnc(SC(C)C(=O)Nc3cc([N+](=O)[O-])ccc3OC)n2C(C)C)cc1. The lowest BCUT2D eigenvalue weighted by molar-refractivity contribution is -0.384. The Balaban J connectivity index is 1.82. The van der Waals surface area contributed by atoms with Crippen molar-refractivity contribution >= 4 is 29.0 Å². The third-order valence-corrected chi connectivity index (χ3v) is 5.89. The molecular formula is C22H25N5O5S. The highest BCUT2D eigenvalue weighted by molar-refractivity contribution is 8.00. The van der Waals surface area contributed by atoms with Gasteiger partial charge in [0.05, 0.1) is 30.1 Å². The third kappa shape index (κ3) is 5.43. The highest BCUT2D eigenvalue weighted by Gasteiger charge is 2.23. The maximum absolute atomic E-state index is 12.9. The second-order valence-corrected chi connectivity index (χ2v) is 8.70. The summed E-state index contributed by atoms with van der Waals surface area (Å²) in [6, 6.07) is 11.6. The van der Waals surface area contributed by atoms with Gasteiger partial charge in [-0.2, -0.15) is 0 Å². The van der Waals surface area contributed by atoms with E-state index in [1.165, 1.54) is 37.1 Å². The maximum atomic E-state index is 12.9. The van der Waals surface area contributed by atoms with Crippen molar-refractivity contribution in [2.45, 2.75) is 37.2 Å². The van der Waals surface area contributed by atoms with E-state index >= 15 is 0 Å². The Morgan fingerprint density at radius 3 is 2.36 bits per heavy atom. The summed E-state index contributed by atoms with van der Waals surface area (Å²) in [5.41, 5.74) is 0.964. The summed E-state index contributed by atoms with van der Waals surface area (Å²) in [5, 5.41) is 22.5. The highest BCUT2D eigenvalue weighted by atomic mass is 32.2. The first kappa shape index (κ1) is 24.1. The number of anilines is 1. The largest absolute Gasteiger partial charge is 0.497 e. The van der Waals surface area contributed by atoms with Gasteiger partial charge >= 0.3 is 0 Å². The standard InChI is InChI=1S/C22H25N5O5S/c1-13(2)26-20(15-6-9-17(31-4)10-7-15)24-25-22(26)33-14(3)21(28)23-18-12-16(27(29)30)8-11-19(18)32-5/h6-14H,1-5H3,(H,23,28). The molecule has 1 heterocycles. The molecule has 0 saturated heterocycles. The van der Waals surface area contributed by atoms with E-state index in [-0.39, 0.29) is 23.3 Å². The zero-order valence-corrected chi connectivity index (χ0v) is 19.8. The van der Waals surface area contributed by atoms with Crippen molar-refractivity contribution in [3.63, 3.8) is 0 Å². The Morgan fingerprint density at radius 2 is 1.79 bits per heavy atom. The van der Waals surface area contributed by atoms with Crippen LogP contribution in [0.2, 0.25) is 0 Å². The van der Waals surface area contributed by atoms with E-state index in [0.717, 1.165) is 11.3 Å². The lowest BCUT2D eigenvalue weighted by Crippen LogP contribution is -2.23. The molecule has 0 spiro atoms. The van der Waals surface area contributed by atoms with Crippen LogP contribution in [0.1, 0.15) is 26.8 Å². The van der Waals surface area contributed by atoms with Crippen molar-refractivity contribution in [2.24, 2.45) is 0 Å². The van der Waals surface area contributed by atoms with Crippen LogP contribution in [-0.4, -0.2) is 45.1 Å². The molecule has 1 unspecified atom stereocenters. The summed E-state index contributed by atoms with van der Waals surface area (Å²) in [4.78, 5) is 23.4. The van der Waals surface area contributed by atoms with E-state index in [2.05, 4.69) is 15.5 Å². The molecule has 1 atom stereocenters. The number of rotatable bonds is 9. The van der Waals surface area contributed by atoms with E-state index in [4.69, 9.17) is 9.47 Å². The summed E-state index contributed by atoms with van der Waals surface area (Å²) in [7, 11) is 3.04. The van der Waals surface area contributed by atoms with Gasteiger partial charge in [-0.3, -0.25) is 19.5 Å². The number of carbonyl (C=O) groups excluding carboxylic acids is 1. The predicted octanol–water partition coefficient (Wildman–Crippen LogP) is 4.57. The fourth-order valence-corrected chi connectivity index (χ4v) is 4.09. The number of methoxy groups -OCH3 is 2.